The van der Waals surface area contributed by atoms with Gasteiger partial charge in [0.05, 0.1) is 29.1 Å². The van der Waals surface area contributed by atoms with Crippen LogP contribution in [0.15, 0.2) is 0 Å². The lowest BCUT2D eigenvalue weighted by Crippen LogP contribution is -2.51. The van der Waals surface area contributed by atoms with Crippen LogP contribution in [-0.2, 0) is 14.6 Å². The van der Waals surface area contributed by atoms with Crippen molar-refractivity contribution < 1.29 is 23.4 Å². The molecule has 2 fully saturated rings. The Kier molecular flexibility index (Phi) is 4.41. The number of hydrogen-bond donors (Lipinski definition) is 2. The molecule has 7 heteroatoms. The largest absolute Gasteiger partial charge is 0.481 e. The maximum absolute atomic E-state index is 11.6. The molecule has 0 aromatic rings. The van der Waals surface area contributed by atoms with E-state index in [1.807, 2.05) is 11.8 Å². The molecular formula is C13H23NO5S. The first-order valence-electron chi connectivity index (χ1n) is 7.15. The number of likely N-dealkylation sites (tertiary alicyclic amines) is 1. The number of carboxylic acid groups (broad SMARTS) is 1. The molecule has 0 amide bonds. The highest BCUT2D eigenvalue weighted by molar-refractivity contribution is 7.91. The van der Waals surface area contributed by atoms with Crippen LogP contribution in [0.4, 0.5) is 0 Å². The Hall–Kier alpha value is -0.660. The van der Waals surface area contributed by atoms with Gasteiger partial charge in [-0.05, 0) is 32.4 Å². The lowest BCUT2D eigenvalue weighted by atomic mass is 9.74. The van der Waals surface area contributed by atoms with Crippen molar-refractivity contribution in [1.29, 1.82) is 0 Å². The second-order valence-corrected chi connectivity index (χ2v) is 8.24. The fraction of sp³-hybridized carbons (Fsp3) is 0.923. The maximum Gasteiger partial charge on any atom is 0.309 e. The van der Waals surface area contributed by atoms with E-state index in [9.17, 15) is 23.4 Å². The minimum atomic E-state index is -3.16. The number of carboxylic acids is 1. The summed E-state index contributed by atoms with van der Waals surface area (Å²) in [5, 5.41) is 19.3. The van der Waals surface area contributed by atoms with E-state index in [2.05, 4.69) is 0 Å². The van der Waals surface area contributed by atoms with Crippen LogP contribution in [0.3, 0.4) is 0 Å². The summed E-state index contributed by atoms with van der Waals surface area (Å²) in [5.74, 6) is -0.937. The van der Waals surface area contributed by atoms with Crippen molar-refractivity contribution in [3.63, 3.8) is 0 Å². The van der Waals surface area contributed by atoms with Crippen molar-refractivity contribution in [2.75, 3.05) is 24.6 Å². The Balaban J connectivity index is 2.02. The van der Waals surface area contributed by atoms with Crippen molar-refractivity contribution in [2.24, 2.45) is 5.41 Å². The molecule has 2 unspecified atom stereocenters. The van der Waals surface area contributed by atoms with Crippen LogP contribution < -0.4 is 0 Å². The molecule has 0 spiro atoms. The summed E-state index contributed by atoms with van der Waals surface area (Å²) < 4.78 is 23.1. The highest BCUT2D eigenvalue weighted by Gasteiger charge is 2.45. The minimum absolute atomic E-state index is 0.0119. The molecule has 0 aliphatic carbocycles. The molecule has 2 atom stereocenters. The summed E-state index contributed by atoms with van der Waals surface area (Å²) in [6.45, 7) is 3.07. The third-order valence-electron chi connectivity index (χ3n) is 4.70. The number of aliphatic hydroxyl groups excluding tert-OH is 1. The average molecular weight is 305 g/mol. The molecule has 2 aliphatic heterocycles. The molecule has 2 heterocycles. The molecule has 0 bridgehead atoms. The molecule has 6 nitrogen and oxygen atoms in total. The highest BCUT2D eigenvalue weighted by atomic mass is 32.2. The van der Waals surface area contributed by atoms with Crippen molar-refractivity contribution in [3.8, 4) is 0 Å². The first-order chi connectivity index (χ1) is 9.30. The molecule has 0 radical (unpaired) electrons. The van der Waals surface area contributed by atoms with Crippen molar-refractivity contribution in [1.82, 2.24) is 4.90 Å². The first kappa shape index (κ1) is 15.7. The Morgan fingerprint density at radius 2 is 1.90 bits per heavy atom. The van der Waals surface area contributed by atoms with Crippen LogP contribution in [0, 0.1) is 5.41 Å². The van der Waals surface area contributed by atoms with Crippen molar-refractivity contribution in [3.05, 3.63) is 0 Å². The standard InChI is InChI=1S/C13H23NO5S/c1-2-3-13(12(16)17)4-6-14(7-5-13)10-8-20(18,19)9-11(10)15/h10-11,15H,2-9H2,1H3,(H,16,17). The zero-order valence-corrected chi connectivity index (χ0v) is 12.6. The van der Waals surface area contributed by atoms with Gasteiger partial charge < -0.3 is 10.2 Å². The lowest BCUT2D eigenvalue weighted by molar-refractivity contribution is -0.153. The third kappa shape index (κ3) is 2.99. The number of aliphatic hydroxyl groups is 1. The number of hydrogen-bond acceptors (Lipinski definition) is 5. The highest BCUT2D eigenvalue weighted by Crippen LogP contribution is 2.38. The van der Waals surface area contributed by atoms with Gasteiger partial charge in [-0.25, -0.2) is 8.42 Å². The summed E-state index contributed by atoms with van der Waals surface area (Å²) in [5.41, 5.74) is -0.673. The predicted molar refractivity (Wildman–Crippen MR) is 74.2 cm³/mol. The fourth-order valence-electron chi connectivity index (χ4n) is 3.49. The maximum atomic E-state index is 11.6. The van der Waals surface area contributed by atoms with Crippen LogP contribution in [0.25, 0.3) is 0 Å². The van der Waals surface area contributed by atoms with Gasteiger partial charge in [0.1, 0.15) is 0 Å². The monoisotopic (exact) mass is 305 g/mol. The van der Waals surface area contributed by atoms with Gasteiger partial charge >= 0.3 is 5.97 Å². The SMILES string of the molecule is CCCC1(C(=O)O)CCN(C2CS(=O)(=O)CC2O)CC1. The van der Waals surface area contributed by atoms with Crippen molar-refractivity contribution >= 4 is 15.8 Å². The number of nitrogens with zero attached hydrogens (tertiary/aromatic N) is 1. The van der Waals surface area contributed by atoms with E-state index < -0.39 is 27.3 Å². The molecule has 20 heavy (non-hydrogen) atoms. The number of carbonyl (C=O) groups is 1. The fourth-order valence-corrected chi connectivity index (χ4v) is 5.32. The van der Waals surface area contributed by atoms with Crippen molar-refractivity contribution in [2.45, 2.75) is 44.8 Å². The van der Waals surface area contributed by atoms with Gasteiger partial charge in [0.15, 0.2) is 9.84 Å². The van der Waals surface area contributed by atoms with E-state index >= 15 is 0 Å². The summed E-state index contributed by atoms with van der Waals surface area (Å²) in [6.07, 6.45) is 1.69. The zero-order valence-electron chi connectivity index (χ0n) is 11.8. The van der Waals surface area contributed by atoms with Gasteiger partial charge in [-0.1, -0.05) is 13.3 Å². The molecule has 2 aliphatic rings. The van der Waals surface area contributed by atoms with Gasteiger partial charge in [-0.3, -0.25) is 9.69 Å². The van der Waals surface area contributed by atoms with E-state index in [-0.39, 0.29) is 17.5 Å². The molecule has 0 saturated carbocycles. The molecule has 0 aromatic carbocycles. The molecule has 2 rings (SSSR count). The van der Waals surface area contributed by atoms with E-state index in [1.165, 1.54) is 0 Å². The second-order valence-electron chi connectivity index (χ2n) is 6.08. The van der Waals surface area contributed by atoms with Crippen LogP contribution in [-0.4, -0.2) is 66.2 Å². The van der Waals surface area contributed by atoms with Crippen LogP contribution in [0.2, 0.25) is 0 Å². The zero-order chi connectivity index (χ0) is 15.0. The van der Waals surface area contributed by atoms with E-state index in [0.29, 0.717) is 32.4 Å². The quantitative estimate of drug-likeness (QED) is 0.765. The minimum Gasteiger partial charge on any atom is -0.481 e. The number of piperidine rings is 1. The van der Waals surface area contributed by atoms with E-state index in [4.69, 9.17) is 0 Å². The summed E-state index contributed by atoms with van der Waals surface area (Å²) in [7, 11) is -3.16. The Labute approximate surface area is 119 Å². The van der Waals surface area contributed by atoms with E-state index in [1.54, 1.807) is 0 Å². The average Bonchev–Trinajstić information content (AvgIpc) is 2.64. The van der Waals surface area contributed by atoms with Crippen LogP contribution in [0.5, 0.6) is 0 Å². The number of rotatable bonds is 4. The molecule has 2 N–H and O–H groups in total. The Morgan fingerprint density at radius 1 is 1.30 bits per heavy atom. The summed E-state index contributed by atoms with van der Waals surface area (Å²) in [4.78, 5) is 13.4. The molecule has 2 saturated heterocycles. The van der Waals surface area contributed by atoms with Gasteiger partial charge in [0.2, 0.25) is 0 Å². The van der Waals surface area contributed by atoms with Gasteiger partial charge in [-0.15, -0.1) is 0 Å². The van der Waals surface area contributed by atoms with Gasteiger partial charge in [0.25, 0.3) is 0 Å². The molecular weight excluding hydrogens is 282 g/mol. The van der Waals surface area contributed by atoms with Crippen LogP contribution in [0.1, 0.15) is 32.6 Å². The molecule has 0 aromatic heterocycles. The number of sulfone groups is 1. The topological polar surface area (TPSA) is 94.9 Å². The normalized spacial score (nSPS) is 33.1. The second kappa shape index (κ2) is 5.61. The summed E-state index contributed by atoms with van der Waals surface area (Å²) >= 11 is 0. The third-order valence-corrected chi connectivity index (χ3v) is 6.40. The number of aliphatic carboxylic acids is 1. The first-order valence-corrected chi connectivity index (χ1v) is 8.98. The molecule has 116 valence electrons. The smallest absolute Gasteiger partial charge is 0.309 e. The van der Waals surface area contributed by atoms with E-state index in [0.717, 1.165) is 6.42 Å². The van der Waals surface area contributed by atoms with Gasteiger partial charge in [0, 0.05) is 0 Å². The van der Waals surface area contributed by atoms with Gasteiger partial charge in [-0.2, -0.15) is 0 Å². The Morgan fingerprint density at radius 3 is 2.30 bits per heavy atom. The Bertz CT molecular complexity index is 467. The predicted octanol–water partition coefficient (Wildman–Crippen LogP) is 0.111. The van der Waals surface area contributed by atoms with Crippen LogP contribution >= 0.6 is 0 Å². The summed E-state index contributed by atoms with van der Waals surface area (Å²) in [6, 6.07) is -0.367. The lowest BCUT2D eigenvalue weighted by Gasteiger charge is -2.41.